The molecule has 0 unspecified atom stereocenters. The van der Waals surface area contributed by atoms with E-state index < -0.39 is 11.9 Å². The van der Waals surface area contributed by atoms with Crippen LogP contribution in [0.25, 0.3) is 0 Å². The van der Waals surface area contributed by atoms with Gasteiger partial charge in [0.1, 0.15) is 11.5 Å². The quantitative estimate of drug-likeness (QED) is 0.752. The van der Waals surface area contributed by atoms with Gasteiger partial charge < -0.3 is 19.0 Å². The first-order chi connectivity index (χ1) is 11.5. The Hall–Kier alpha value is -2.00. The average Bonchev–Trinajstić information content (AvgIpc) is 3.19. The van der Waals surface area contributed by atoms with E-state index in [0.717, 1.165) is 26.2 Å². The molecule has 26 heavy (non-hydrogen) atoms. The minimum Gasteiger partial charge on any atom is -0.475 e. The van der Waals surface area contributed by atoms with Crippen molar-refractivity contribution < 1.29 is 28.6 Å². The van der Waals surface area contributed by atoms with Gasteiger partial charge in [0.15, 0.2) is 0 Å². The first-order valence-corrected chi connectivity index (χ1v) is 7.60. The van der Waals surface area contributed by atoms with E-state index in [-0.39, 0.29) is 36.3 Å². The Balaban J connectivity index is 0.00000169. The van der Waals surface area contributed by atoms with Crippen LogP contribution < -0.4 is 0 Å². The summed E-state index contributed by atoms with van der Waals surface area (Å²) in [7, 11) is 0. The third kappa shape index (κ3) is 5.50. The van der Waals surface area contributed by atoms with Crippen molar-refractivity contribution in [2.75, 3.05) is 26.2 Å². The Labute approximate surface area is 162 Å². The van der Waals surface area contributed by atoms with Crippen LogP contribution in [0.1, 0.15) is 32.6 Å². The van der Waals surface area contributed by atoms with Crippen molar-refractivity contribution in [1.29, 1.82) is 0 Å². The second kappa shape index (κ2) is 9.63. The molecule has 0 aromatic carbocycles. The van der Waals surface area contributed by atoms with Crippen molar-refractivity contribution >= 4 is 36.8 Å². The summed E-state index contributed by atoms with van der Waals surface area (Å²) >= 11 is 0. The maximum Gasteiger partial charge on any atom is 0.371 e. The lowest BCUT2D eigenvalue weighted by Gasteiger charge is -2.33. The number of aromatic carboxylic acids is 2. The molecule has 0 radical (unpaired) electrons. The van der Waals surface area contributed by atoms with Gasteiger partial charge in [-0.05, 0) is 24.3 Å². The predicted octanol–water partition coefficient (Wildman–Crippen LogP) is 2.43. The molecule has 3 rings (SSSR count). The number of rotatable bonds is 6. The molecule has 1 fully saturated rings. The monoisotopic (exact) mass is 406 g/mol. The van der Waals surface area contributed by atoms with Gasteiger partial charge in [0.05, 0.1) is 13.1 Å². The topological polar surface area (TPSA) is 107 Å². The average molecular weight is 407 g/mol. The van der Waals surface area contributed by atoms with Crippen LogP contribution in [0.5, 0.6) is 0 Å². The summed E-state index contributed by atoms with van der Waals surface area (Å²) in [6, 6.07) is 6.30. The third-order valence-corrected chi connectivity index (χ3v) is 3.97. The van der Waals surface area contributed by atoms with E-state index in [2.05, 4.69) is 9.80 Å². The molecule has 10 heteroatoms. The van der Waals surface area contributed by atoms with Crippen LogP contribution in [-0.4, -0.2) is 58.1 Å². The van der Waals surface area contributed by atoms with E-state index in [0.29, 0.717) is 24.6 Å². The summed E-state index contributed by atoms with van der Waals surface area (Å²) in [6.07, 6.45) is 0. The van der Waals surface area contributed by atoms with Crippen LogP contribution in [0, 0.1) is 0 Å². The highest BCUT2D eigenvalue weighted by Gasteiger charge is 2.20. The van der Waals surface area contributed by atoms with E-state index in [1.54, 1.807) is 12.1 Å². The molecule has 3 heterocycles. The van der Waals surface area contributed by atoms with Gasteiger partial charge in [0.25, 0.3) is 0 Å². The van der Waals surface area contributed by atoms with E-state index in [4.69, 9.17) is 19.0 Å². The fourth-order valence-corrected chi connectivity index (χ4v) is 2.70. The first kappa shape index (κ1) is 22.0. The number of furan rings is 2. The number of hydrogen-bond acceptors (Lipinski definition) is 6. The molecule has 1 aliphatic heterocycles. The zero-order valence-electron chi connectivity index (χ0n) is 13.8. The van der Waals surface area contributed by atoms with E-state index in [9.17, 15) is 9.59 Å². The SMILES string of the molecule is Cl.Cl.O=C(O)c1ccc(CN2CCN(Cc3ccc(C(=O)O)o3)CC2)o1. The molecule has 0 aliphatic carbocycles. The summed E-state index contributed by atoms with van der Waals surface area (Å²) < 4.78 is 10.5. The number of carboxylic acid groups (broad SMARTS) is 2. The molecule has 144 valence electrons. The number of carbonyl (C=O) groups is 2. The third-order valence-electron chi connectivity index (χ3n) is 3.97. The minimum absolute atomic E-state index is 0. The Kier molecular flexibility index (Phi) is 8.16. The maximum absolute atomic E-state index is 10.8. The molecular formula is C16H20Cl2N2O6. The van der Waals surface area contributed by atoms with Crippen LogP contribution in [0.15, 0.2) is 33.1 Å². The van der Waals surface area contributed by atoms with Gasteiger partial charge in [0.2, 0.25) is 11.5 Å². The lowest BCUT2D eigenvalue weighted by atomic mass is 10.3. The van der Waals surface area contributed by atoms with Crippen LogP contribution in [0.2, 0.25) is 0 Å². The van der Waals surface area contributed by atoms with Crippen LogP contribution in [-0.2, 0) is 13.1 Å². The number of hydrogen-bond donors (Lipinski definition) is 2. The summed E-state index contributed by atoms with van der Waals surface area (Å²) in [5.41, 5.74) is 0. The molecule has 0 atom stereocenters. The van der Waals surface area contributed by atoms with Crippen molar-refractivity contribution in [3.8, 4) is 0 Å². The number of carboxylic acids is 2. The zero-order chi connectivity index (χ0) is 17.1. The lowest BCUT2D eigenvalue weighted by molar-refractivity contribution is 0.0641. The lowest BCUT2D eigenvalue weighted by Crippen LogP contribution is -2.45. The van der Waals surface area contributed by atoms with Crippen molar-refractivity contribution in [3.05, 3.63) is 47.3 Å². The number of nitrogens with zero attached hydrogens (tertiary/aromatic N) is 2. The van der Waals surface area contributed by atoms with Crippen molar-refractivity contribution in [1.82, 2.24) is 9.80 Å². The highest BCUT2D eigenvalue weighted by Crippen LogP contribution is 2.15. The molecule has 2 aromatic heterocycles. The van der Waals surface area contributed by atoms with Crippen molar-refractivity contribution in [3.63, 3.8) is 0 Å². The molecule has 2 aromatic rings. The summed E-state index contributed by atoms with van der Waals surface area (Å²) in [6.45, 7) is 4.41. The smallest absolute Gasteiger partial charge is 0.371 e. The normalized spacial score (nSPS) is 15.1. The van der Waals surface area contributed by atoms with Crippen LogP contribution >= 0.6 is 24.8 Å². The molecule has 2 N–H and O–H groups in total. The molecule has 1 saturated heterocycles. The molecule has 8 nitrogen and oxygen atoms in total. The fraction of sp³-hybridized carbons (Fsp3) is 0.375. The maximum atomic E-state index is 10.8. The fourth-order valence-electron chi connectivity index (χ4n) is 2.70. The minimum atomic E-state index is -1.06. The van der Waals surface area contributed by atoms with E-state index in [1.807, 2.05) is 0 Å². The molecule has 0 spiro atoms. The van der Waals surface area contributed by atoms with Crippen LogP contribution in [0.3, 0.4) is 0 Å². The molecule has 0 saturated carbocycles. The number of piperazine rings is 1. The first-order valence-electron chi connectivity index (χ1n) is 7.60. The zero-order valence-corrected chi connectivity index (χ0v) is 15.4. The van der Waals surface area contributed by atoms with Gasteiger partial charge in [-0.3, -0.25) is 9.80 Å². The largest absolute Gasteiger partial charge is 0.475 e. The van der Waals surface area contributed by atoms with Gasteiger partial charge in [-0.2, -0.15) is 0 Å². The summed E-state index contributed by atoms with van der Waals surface area (Å²) in [4.78, 5) is 26.0. The van der Waals surface area contributed by atoms with Gasteiger partial charge in [-0.25, -0.2) is 9.59 Å². The number of halogens is 2. The molecule has 1 aliphatic rings. The van der Waals surface area contributed by atoms with Gasteiger partial charge in [-0.15, -0.1) is 24.8 Å². The Morgan fingerprint density at radius 1 is 0.769 bits per heavy atom. The van der Waals surface area contributed by atoms with Gasteiger partial charge >= 0.3 is 11.9 Å². The summed E-state index contributed by atoms with van der Waals surface area (Å²) in [5.74, 6) is -0.946. The van der Waals surface area contributed by atoms with Gasteiger partial charge in [-0.1, -0.05) is 0 Å². The van der Waals surface area contributed by atoms with Gasteiger partial charge in [0, 0.05) is 26.2 Å². The van der Waals surface area contributed by atoms with Crippen molar-refractivity contribution in [2.24, 2.45) is 0 Å². The van der Waals surface area contributed by atoms with E-state index >= 15 is 0 Å². The Morgan fingerprint density at radius 3 is 1.38 bits per heavy atom. The second-order valence-corrected chi connectivity index (χ2v) is 5.69. The standard InChI is InChI=1S/C16H18N2O6.2ClH/c19-15(20)13-3-1-11(23-13)9-17-5-7-18(8-6-17)10-12-2-4-14(24-12)16(21)22;;/h1-4H,5-10H2,(H,19,20)(H,21,22);2*1H. The predicted molar refractivity (Wildman–Crippen MR) is 96.4 cm³/mol. The highest BCUT2D eigenvalue weighted by molar-refractivity contribution is 5.86. The Bertz CT molecular complexity index is 674. The molecular weight excluding hydrogens is 387 g/mol. The summed E-state index contributed by atoms with van der Waals surface area (Å²) in [5, 5.41) is 17.7. The molecule has 0 amide bonds. The second-order valence-electron chi connectivity index (χ2n) is 5.69. The molecule has 0 bridgehead atoms. The van der Waals surface area contributed by atoms with Crippen LogP contribution in [0.4, 0.5) is 0 Å². The van der Waals surface area contributed by atoms with Crippen molar-refractivity contribution in [2.45, 2.75) is 13.1 Å². The highest BCUT2D eigenvalue weighted by atomic mass is 35.5. The van der Waals surface area contributed by atoms with E-state index in [1.165, 1.54) is 12.1 Å². The Morgan fingerprint density at radius 2 is 1.12 bits per heavy atom.